The van der Waals surface area contributed by atoms with Crippen molar-refractivity contribution in [1.29, 1.82) is 0 Å². The first-order valence-corrected chi connectivity index (χ1v) is 11.0. The molecule has 3 rings (SSSR count). The van der Waals surface area contributed by atoms with Gasteiger partial charge in [0.25, 0.3) is 0 Å². The lowest BCUT2D eigenvalue weighted by atomic mass is 9.90. The summed E-state index contributed by atoms with van der Waals surface area (Å²) in [7, 11) is 0. The minimum Gasteiger partial charge on any atom is -0.460 e. The predicted molar refractivity (Wildman–Crippen MR) is 114 cm³/mol. The average Bonchev–Trinajstić information content (AvgIpc) is 3.05. The Kier molecular flexibility index (Phi) is 7.37. The van der Waals surface area contributed by atoms with Crippen molar-refractivity contribution in [1.82, 2.24) is 10.2 Å². The third-order valence-corrected chi connectivity index (χ3v) is 5.29. The van der Waals surface area contributed by atoms with Crippen LogP contribution in [0.3, 0.4) is 0 Å². The Bertz CT molecular complexity index is 947. The van der Waals surface area contributed by atoms with E-state index in [1.54, 1.807) is 56.4 Å². The number of nitrogens with zero attached hydrogens (tertiary/aromatic N) is 1. The first-order valence-electron chi connectivity index (χ1n) is 11.0. The molecule has 1 aromatic rings. The molecule has 1 aromatic carbocycles. The number of likely N-dealkylation sites (tertiary alicyclic amines) is 1. The van der Waals surface area contributed by atoms with E-state index in [1.165, 1.54) is 13.8 Å². The van der Waals surface area contributed by atoms with Crippen LogP contribution in [0.2, 0.25) is 0 Å². The smallest absolute Gasteiger partial charge is 0.460 e. The largest absolute Gasteiger partial charge is 0.471 e. The van der Waals surface area contributed by atoms with Gasteiger partial charge in [-0.3, -0.25) is 14.5 Å². The summed E-state index contributed by atoms with van der Waals surface area (Å²) < 4.78 is 61.6. The van der Waals surface area contributed by atoms with Gasteiger partial charge in [-0.25, -0.2) is 4.79 Å². The van der Waals surface area contributed by atoms with E-state index in [4.69, 9.17) is 18.9 Å². The molecule has 0 saturated carbocycles. The number of halogens is 3. The summed E-state index contributed by atoms with van der Waals surface area (Å²) in [5.74, 6) is -5.43. The summed E-state index contributed by atoms with van der Waals surface area (Å²) in [6, 6.07) is 8.86. The van der Waals surface area contributed by atoms with Gasteiger partial charge in [0.05, 0.1) is 0 Å². The van der Waals surface area contributed by atoms with Gasteiger partial charge >= 0.3 is 24.1 Å². The molecule has 0 spiro atoms. The summed E-state index contributed by atoms with van der Waals surface area (Å²) in [5.41, 5.74) is -0.279. The van der Waals surface area contributed by atoms with Crippen molar-refractivity contribution in [3.63, 3.8) is 0 Å². The second-order valence-electron chi connectivity index (χ2n) is 9.81. The summed E-state index contributed by atoms with van der Waals surface area (Å²) in [4.78, 5) is 38.7. The van der Waals surface area contributed by atoms with E-state index in [1.807, 2.05) is 0 Å². The lowest BCUT2D eigenvalue weighted by Crippen LogP contribution is -2.68. The lowest BCUT2D eigenvalue weighted by molar-refractivity contribution is -0.180. The Morgan fingerprint density at radius 1 is 1.09 bits per heavy atom. The van der Waals surface area contributed by atoms with Crippen LogP contribution in [0, 0.1) is 5.92 Å². The van der Waals surface area contributed by atoms with Crippen molar-refractivity contribution >= 4 is 18.0 Å². The molecule has 12 heteroatoms. The number of amides is 2. The molecule has 2 heterocycles. The molecule has 2 fully saturated rings. The van der Waals surface area contributed by atoms with Crippen LogP contribution in [0.25, 0.3) is 0 Å². The maximum atomic E-state index is 13.1. The molecule has 194 valence electrons. The van der Waals surface area contributed by atoms with Crippen LogP contribution < -0.4 is 5.32 Å². The molecule has 4 atom stereocenters. The van der Waals surface area contributed by atoms with Crippen molar-refractivity contribution < 1.29 is 46.5 Å². The van der Waals surface area contributed by atoms with E-state index < -0.39 is 66.4 Å². The number of carbonyl (C=O) groups excluding carboxylic acids is 3. The fourth-order valence-electron chi connectivity index (χ4n) is 3.91. The molecule has 2 aliphatic rings. The van der Waals surface area contributed by atoms with Gasteiger partial charge in [-0.15, -0.1) is 0 Å². The maximum absolute atomic E-state index is 13.1. The molecule has 2 aliphatic heterocycles. The van der Waals surface area contributed by atoms with E-state index in [-0.39, 0.29) is 6.61 Å². The Labute approximate surface area is 200 Å². The van der Waals surface area contributed by atoms with Crippen molar-refractivity contribution in [2.24, 2.45) is 5.92 Å². The van der Waals surface area contributed by atoms with Crippen LogP contribution in [0.4, 0.5) is 18.0 Å². The number of hydrogen-bond acceptors (Lipinski definition) is 7. The fraction of sp³-hybridized carbons (Fsp3) is 0.609. The summed E-state index contributed by atoms with van der Waals surface area (Å²) in [6.45, 7) is 7.27. The van der Waals surface area contributed by atoms with Crippen molar-refractivity contribution in [3.8, 4) is 0 Å². The standard InChI is InChI=1S/C23H29F3N2O7/c1-21(2,3)35-20(31)28-11-14(18(29)32-12-13-9-7-6-8-10-13)15-16(34-22(4,5)33-15)17(28)27-19(30)23(24,25)26/h6-10,14-17H,11-12H2,1-5H3,(H,27,30)/t14-,15-,16-,17-/m0/s1. The number of piperidine rings is 1. The molecule has 0 aromatic heterocycles. The van der Waals surface area contributed by atoms with Gasteiger partial charge in [0.1, 0.15) is 36.5 Å². The number of esters is 1. The molecular formula is C23H29F3N2O7. The third kappa shape index (κ3) is 6.63. The van der Waals surface area contributed by atoms with E-state index in [9.17, 15) is 27.6 Å². The molecule has 2 amide bonds. The number of carbonyl (C=O) groups is 3. The minimum atomic E-state index is -5.21. The van der Waals surface area contributed by atoms with Gasteiger partial charge in [0.2, 0.25) is 0 Å². The summed E-state index contributed by atoms with van der Waals surface area (Å²) in [5, 5.41) is 1.81. The number of hydrogen-bond donors (Lipinski definition) is 1. The number of benzene rings is 1. The predicted octanol–water partition coefficient (Wildman–Crippen LogP) is 3.12. The molecule has 0 radical (unpaired) electrons. The highest BCUT2D eigenvalue weighted by Gasteiger charge is 2.59. The second-order valence-corrected chi connectivity index (χ2v) is 9.81. The number of rotatable bonds is 4. The van der Waals surface area contributed by atoms with Crippen molar-refractivity contribution in [2.75, 3.05) is 6.54 Å². The SMILES string of the molecule is CC(C)(C)OC(=O)N1C[C@H](C(=O)OCc2ccccc2)[C@@H]2OC(C)(C)O[C@@H]2[C@H]1NC(=O)C(F)(F)F. The van der Waals surface area contributed by atoms with E-state index in [0.29, 0.717) is 0 Å². The highest BCUT2D eigenvalue weighted by Crippen LogP contribution is 2.39. The third-order valence-electron chi connectivity index (χ3n) is 5.29. The molecule has 0 bridgehead atoms. The maximum Gasteiger partial charge on any atom is 0.471 e. The van der Waals surface area contributed by atoms with Crippen molar-refractivity contribution in [3.05, 3.63) is 35.9 Å². The highest BCUT2D eigenvalue weighted by molar-refractivity contribution is 5.83. The average molecular weight is 502 g/mol. The van der Waals surface area contributed by atoms with E-state index >= 15 is 0 Å². The van der Waals surface area contributed by atoms with Crippen LogP contribution in [0.5, 0.6) is 0 Å². The van der Waals surface area contributed by atoms with Crippen LogP contribution >= 0.6 is 0 Å². The van der Waals surface area contributed by atoms with E-state index in [0.717, 1.165) is 10.5 Å². The zero-order valence-electron chi connectivity index (χ0n) is 20.0. The minimum absolute atomic E-state index is 0.0571. The monoisotopic (exact) mass is 502 g/mol. The van der Waals surface area contributed by atoms with Crippen LogP contribution in [-0.2, 0) is 35.1 Å². The van der Waals surface area contributed by atoms with Gasteiger partial charge in [-0.05, 0) is 40.2 Å². The molecule has 35 heavy (non-hydrogen) atoms. The molecule has 1 N–H and O–H groups in total. The first kappa shape index (κ1) is 26.7. The zero-order chi connectivity index (χ0) is 26.2. The van der Waals surface area contributed by atoms with Crippen molar-refractivity contribution in [2.45, 2.75) is 77.2 Å². The first-order chi connectivity index (χ1) is 16.1. The highest BCUT2D eigenvalue weighted by atomic mass is 19.4. The molecular weight excluding hydrogens is 473 g/mol. The zero-order valence-corrected chi connectivity index (χ0v) is 20.0. The van der Waals surface area contributed by atoms with Gasteiger partial charge in [0, 0.05) is 6.54 Å². The quantitative estimate of drug-likeness (QED) is 0.631. The Balaban J connectivity index is 1.91. The Morgan fingerprint density at radius 2 is 1.69 bits per heavy atom. The number of ether oxygens (including phenoxy) is 4. The molecule has 2 saturated heterocycles. The molecule has 9 nitrogen and oxygen atoms in total. The number of fused-ring (bicyclic) bond motifs is 1. The molecule has 0 unspecified atom stereocenters. The normalized spacial score (nSPS) is 26.0. The van der Waals surface area contributed by atoms with Crippen LogP contribution in [-0.4, -0.2) is 65.4 Å². The van der Waals surface area contributed by atoms with Crippen LogP contribution in [0.1, 0.15) is 40.2 Å². The van der Waals surface area contributed by atoms with Crippen LogP contribution in [0.15, 0.2) is 30.3 Å². The topological polar surface area (TPSA) is 103 Å². The molecule has 0 aliphatic carbocycles. The fourth-order valence-corrected chi connectivity index (χ4v) is 3.91. The Morgan fingerprint density at radius 3 is 2.26 bits per heavy atom. The number of alkyl halides is 3. The summed E-state index contributed by atoms with van der Waals surface area (Å²) >= 11 is 0. The van der Waals surface area contributed by atoms with Gasteiger partial charge < -0.3 is 24.3 Å². The Hall–Kier alpha value is -2.86. The van der Waals surface area contributed by atoms with Gasteiger partial charge in [0.15, 0.2) is 5.79 Å². The summed E-state index contributed by atoms with van der Waals surface area (Å²) in [6.07, 6.45) is -10.2. The number of nitrogens with one attached hydrogen (secondary N) is 1. The van der Waals surface area contributed by atoms with Gasteiger partial charge in [-0.1, -0.05) is 30.3 Å². The lowest BCUT2D eigenvalue weighted by Gasteiger charge is -2.44. The van der Waals surface area contributed by atoms with E-state index in [2.05, 4.69) is 0 Å². The second kappa shape index (κ2) is 9.65. The van der Waals surface area contributed by atoms with Gasteiger partial charge in [-0.2, -0.15) is 13.2 Å².